The van der Waals surface area contributed by atoms with Crippen LogP contribution in [-0.4, -0.2) is 65.7 Å². The SMILES string of the molecule is CCOC(=O)C=Cc1cnc(N[C@@H]2CCN(C(=O)C3CCC(CNC(=O)OC(C)(C)C)CC3)C2)c(Cl)c1. The van der Waals surface area contributed by atoms with E-state index >= 15 is 0 Å². The number of aromatic nitrogens is 1. The Kier molecular flexibility index (Phi) is 10.2. The number of esters is 1. The van der Waals surface area contributed by atoms with Gasteiger partial charge in [-0.25, -0.2) is 14.6 Å². The lowest BCUT2D eigenvalue weighted by atomic mass is 9.81. The molecule has 1 aromatic heterocycles. The molecule has 9 nitrogen and oxygen atoms in total. The predicted octanol–water partition coefficient (Wildman–Crippen LogP) is 4.66. The van der Waals surface area contributed by atoms with Crippen LogP contribution in [0, 0.1) is 11.8 Å². The molecule has 0 unspecified atom stereocenters. The zero-order valence-corrected chi connectivity index (χ0v) is 23.0. The number of halogens is 1. The molecule has 1 aliphatic heterocycles. The number of alkyl carbamates (subject to hydrolysis) is 1. The van der Waals surface area contributed by atoms with Crippen molar-refractivity contribution in [2.45, 2.75) is 71.4 Å². The smallest absolute Gasteiger partial charge is 0.407 e. The van der Waals surface area contributed by atoms with Gasteiger partial charge in [0.2, 0.25) is 5.91 Å². The molecule has 1 aromatic rings. The number of rotatable bonds is 8. The summed E-state index contributed by atoms with van der Waals surface area (Å²) in [5, 5.41) is 6.66. The van der Waals surface area contributed by atoms with E-state index in [1.54, 1.807) is 25.3 Å². The van der Waals surface area contributed by atoms with E-state index in [0.29, 0.717) is 48.6 Å². The second-order valence-electron chi connectivity index (χ2n) is 10.7. The van der Waals surface area contributed by atoms with Gasteiger partial charge in [-0.1, -0.05) is 11.6 Å². The maximum absolute atomic E-state index is 13.1. The molecule has 2 N–H and O–H groups in total. The van der Waals surface area contributed by atoms with E-state index < -0.39 is 17.7 Å². The summed E-state index contributed by atoms with van der Waals surface area (Å²) in [6.45, 7) is 9.50. The number of nitrogens with one attached hydrogen (secondary N) is 2. The van der Waals surface area contributed by atoms with Crippen molar-refractivity contribution in [1.82, 2.24) is 15.2 Å². The number of amides is 2. The van der Waals surface area contributed by atoms with E-state index in [2.05, 4.69) is 15.6 Å². The molecule has 10 heteroatoms. The minimum atomic E-state index is -0.510. The molecule has 0 spiro atoms. The van der Waals surface area contributed by atoms with Crippen molar-refractivity contribution in [3.05, 3.63) is 28.9 Å². The summed E-state index contributed by atoms with van der Waals surface area (Å²) in [7, 11) is 0. The molecule has 1 saturated heterocycles. The highest BCUT2D eigenvalue weighted by Gasteiger charge is 2.33. The monoisotopic (exact) mass is 534 g/mol. The van der Waals surface area contributed by atoms with Gasteiger partial charge in [0.1, 0.15) is 11.4 Å². The highest BCUT2D eigenvalue weighted by molar-refractivity contribution is 6.33. The minimum Gasteiger partial charge on any atom is -0.463 e. The van der Waals surface area contributed by atoms with Crippen LogP contribution in [0.3, 0.4) is 0 Å². The van der Waals surface area contributed by atoms with Crippen LogP contribution in [0.2, 0.25) is 5.02 Å². The van der Waals surface area contributed by atoms with Crippen LogP contribution in [0.25, 0.3) is 6.08 Å². The van der Waals surface area contributed by atoms with Crippen LogP contribution in [-0.2, 0) is 19.1 Å². The van der Waals surface area contributed by atoms with Gasteiger partial charge in [-0.2, -0.15) is 0 Å². The summed E-state index contributed by atoms with van der Waals surface area (Å²) in [5.74, 6) is 0.757. The zero-order valence-electron chi connectivity index (χ0n) is 22.2. The molecule has 2 amide bonds. The van der Waals surface area contributed by atoms with Crippen molar-refractivity contribution in [2.75, 3.05) is 31.6 Å². The summed E-state index contributed by atoms with van der Waals surface area (Å²) in [4.78, 5) is 42.8. The fourth-order valence-corrected chi connectivity index (χ4v) is 4.92. The molecule has 37 heavy (non-hydrogen) atoms. The average molecular weight is 535 g/mol. The van der Waals surface area contributed by atoms with Crippen LogP contribution >= 0.6 is 11.6 Å². The first-order valence-corrected chi connectivity index (χ1v) is 13.4. The van der Waals surface area contributed by atoms with Gasteiger partial charge in [0.05, 0.1) is 11.6 Å². The normalized spacial score (nSPS) is 22.1. The number of ether oxygens (including phenoxy) is 2. The summed E-state index contributed by atoms with van der Waals surface area (Å²) in [6, 6.07) is 1.81. The number of anilines is 1. The fraction of sp³-hybridized carbons (Fsp3) is 0.630. The van der Waals surface area contributed by atoms with E-state index in [1.165, 1.54) is 6.08 Å². The Labute approximate surface area is 224 Å². The molecule has 1 aliphatic carbocycles. The number of hydrogen-bond acceptors (Lipinski definition) is 7. The lowest BCUT2D eigenvalue weighted by molar-refractivity contribution is -0.137. The first kappa shape index (κ1) is 28.8. The maximum Gasteiger partial charge on any atom is 0.407 e. The maximum atomic E-state index is 13.1. The van der Waals surface area contributed by atoms with E-state index in [4.69, 9.17) is 21.1 Å². The molecule has 2 aliphatic rings. The summed E-state index contributed by atoms with van der Waals surface area (Å²) < 4.78 is 10.2. The van der Waals surface area contributed by atoms with Crippen molar-refractivity contribution in [1.29, 1.82) is 0 Å². The third-order valence-electron chi connectivity index (χ3n) is 6.53. The lowest BCUT2D eigenvalue weighted by Gasteiger charge is -2.31. The zero-order chi connectivity index (χ0) is 27.0. The van der Waals surface area contributed by atoms with Crippen LogP contribution in [0.4, 0.5) is 10.6 Å². The second kappa shape index (κ2) is 13.1. The number of likely N-dealkylation sites (tertiary alicyclic amines) is 1. The van der Waals surface area contributed by atoms with Gasteiger partial charge < -0.3 is 25.0 Å². The summed E-state index contributed by atoms with van der Waals surface area (Å²) in [6.07, 6.45) is 8.52. The number of nitrogens with zero attached hydrogens (tertiary/aromatic N) is 2. The molecular formula is C27H39ClN4O5. The van der Waals surface area contributed by atoms with Crippen molar-refractivity contribution in [2.24, 2.45) is 11.8 Å². The van der Waals surface area contributed by atoms with Gasteiger partial charge in [-0.15, -0.1) is 0 Å². The van der Waals surface area contributed by atoms with Crippen LogP contribution in [0.15, 0.2) is 18.3 Å². The Morgan fingerprint density at radius 1 is 1.19 bits per heavy atom. The molecule has 2 heterocycles. The van der Waals surface area contributed by atoms with E-state index in [0.717, 1.165) is 32.1 Å². The van der Waals surface area contributed by atoms with Gasteiger partial charge in [0.25, 0.3) is 0 Å². The number of pyridine rings is 1. The van der Waals surface area contributed by atoms with Gasteiger partial charge in [-0.05, 0) is 83.4 Å². The van der Waals surface area contributed by atoms with Crippen molar-refractivity contribution >= 4 is 41.5 Å². The molecule has 2 fully saturated rings. The van der Waals surface area contributed by atoms with Gasteiger partial charge in [0.15, 0.2) is 0 Å². The minimum absolute atomic E-state index is 0.0312. The molecule has 204 valence electrons. The standard InChI is InChI=1S/C27H39ClN4O5/c1-5-36-23(33)11-8-19-14-22(28)24(29-16-19)31-21-12-13-32(17-21)25(34)20-9-6-18(7-10-20)15-30-26(35)37-27(2,3)4/h8,11,14,16,18,20-21H,5-7,9-10,12-13,15,17H2,1-4H3,(H,29,31)(H,30,35)/t18?,20?,21-/m1/s1. The molecule has 0 radical (unpaired) electrons. The van der Waals surface area contributed by atoms with E-state index in [1.807, 2.05) is 25.7 Å². The molecular weight excluding hydrogens is 496 g/mol. The number of carbonyl (C=O) groups is 3. The van der Waals surface area contributed by atoms with Crippen molar-refractivity contribution in [3.8, 4) is 0 Å². The third kappa shape index (κ3) is 9.22. The number of hydrogen-bond donors (Lipinski definition) is 2. The Balaban J connectivity index is 1.42. The summed E-state index contributed by atoms with van der Waals surface area (Å²) in [5.41, 5.74) is 0.188. The average Bonchev–Trinajstić information content (AvgIpc) is 3.30. The highest BCUT2D eigenvalue weighted by atomic mass is 35.5. The molecule has 0 bridgehead atoms. The number of carbonyl (C=O) groups excluding carboxylic acids is 3. The van der Waals surface area contributed by atoms with Crippen LogP contribution in [0.5, 0.6) is 0 Å². The quantitative estimate of drug-likeness (QED) is 0.369. The molecule has 1 saturated carbocycles. The Bertz CT molecular complexity index is 985. The second-order valence-corrected chi connectivity index (χ2v) is 11.1. The van der Waals surface area contributed by atoms with Gasteiger partial charge >= 0.3 is 12.1 Å². The molecule has 0 aromatic carbocycles. The van der Waals surface area contributed by atoms with Gasteiger partial charge in [0, 0.05) is 43.9 Å². The molecule has 1 atom stereocenters. The van der Waals surface area contributed by atoms with E-state index in [9.17, 15) is 14.4 Å². The topological polar surface area (TPSA) is 110 Å². The lowest BCUT2D eigenvalue weighted by Crippen LogP contribution is -2.39. The van der Waals surface area contributed by atoms with E-state index in [-0.39, 0.29) is 17.9 Å². The highest BCUT2D eigenvalue weighted by Crippen LogP contribution is 2.31. The Hall–Kier alpha value is -2.81. The molecule has 3 rings (SSSR count). The first-order valence-electron chi connectivity index (χ1n) is 13.1. The van der Waals surface area contributed by atoms with Crippen molar-refractivity contribution < 1.29 is 23.9 Å². The van der Waals surface area contributed by atoms with Crippen LogP contribution in [0.1, 0.15) is 65.4 Å². The predicted molar refractivity (Wildman–Crippen MR) is 143 cm³/mol. The Morgan fingerprint density at radius 3 is 2.57 bits per heavy atom. The summed E-state index contributed by atoms with van der Waals surface area (Å²) >= 11 is 6.41. The Morgan fingerprint density at radius 2 is 1.92 bits per heavy atom. The van der Waals surface area contributed by atoms with Gasteiger partial charge in [-0.3, -0.25) is 4.79 Å². The van der Waals surface area contributed by atoms with Crippen molar-refractivity contribution in [3.63, 3.8) is 0 Å². The van der Waals surface area contributed by atoms with Crippen LogP contribution < -0.4 is 10.6 Å². The fourth-order valence-electron chi connectivity index (χ4n) is 4.69. The largest absolute Gasteiger partial charge is 0.463 e. The first-order chi connectivity index (χ1) is 17.5. The third-order valence-corrected chi connectivity index (χ3v) is 6.82.